The molecular formula is C17H34N2O4. The predicted octanol–water partition coefficient (Wildman–Crippen LogP) is 2.55. The lowest BCUT2D eigenvalue weighted by Crippen LogP contribution is -2.43. The Morgan fingerprint density at radius 3 is 2.39 bits per heavy atom. The first kappa shape index (κ1) is 20.2. The molecule has 136 valence electrons. The van der Waals surface area contributed by atoms with E-state index in [1.165, 1.54) is 0 Å². The summed E-state index contributed by atoms with van der Waals surface area (Å²) in [5.74, 6) is 0. The Morgan fingerprint density at radius 1 is 1.09 bits per heavy atom. The van der Waals surface area contributed by atoms with Crippen molar-refractivity contribution in [3.8, 4) is 0 Å². The number of amides is 1. The number of likely N-dealkylation sites (tertiary alicyclic amines) is 1. The smallest absolute Gasteiger partial charge is 0.410 e. The highest BCUT2D eigenvalue weighted by Crippen LogP contribution is 2.17. The van der Waals surface area contributed by atoms with Gasteiger partial charge in [-0.15, -0.1) is 0 Å². The summed E-state index contributed by atoms with van der Waals surface area (Å²) in [4.78, 5) is 13.7. The van der Waals surface area contributed by atoms with E-state index in [1.54, 1.807) is 4.90 Å². The summed E-state index contributed by atoms with van der Waals surface area (Å²) >= 11 is 0. The van der Waals surface area contributed by atoms with E-state index in [4.69, 9.17) is 19.9 Å². The minimum atomic E-state index is -0.439. The molecule has 1 heterocycles. The number of hydrogen-bond acceptors (Lipinski definition) is 5. The molecule has 0 bridgehead atoms. The van der Waals surface area contributed by atoms with E-state index in [0.717, 1.165) is 45.3 Å². The van der Waals surface area contributed by atoms with Crippen molar-refractivity contribution in [3.05, 3.63) is 0 Å². The largest absolute Gasteiger partial charge is 0.444 e. The second-order valence-corrected chi connectivity index (χ2v) is 7.00. The van der Waals surface area contributed by atoms with Gasteiger partial charge in [0, 0.05) is 19.7 Å². The zero-order valence-corrected chi connectivity index (χ0v) is 15.0. The Hall–Kier alpha value is -0.850. The lowest BCUT2D eigenvalue weighted by molar-refractivity contribution is -0.0295. The SMILES string of the molecule is CC(C)(C)OC(=O)N1CCC(OCCOCCCCCN)CC1. The van der Waals surface area contributed by atoms with Crippen LogP contribution in [-0.2, 0) is 14.2 Å². The average Bonchev–Trinajstić information content (AvgIpc) is 2.49. The molecule has 0 aromatic heterocycles. The molecule has 1 amide bonds. The molecule has 23 heavy (non-hydrogen) atoms. The van der Waals surface area contributed by atoms with Crippen LogP contribution < -0.4 is 5.73 Å². The van der Waals surface area contributed by atoms with E-state index < -0.39 is 5.60 Å². The lowest BCUT2D eigenvalue weighted by atomic mass is 10.1. The van der Waals surface area contributed by atoms with Crippen molar-refractivity contribution >= 4 is 6.09 Å². The second-order valence-electron chi connectivity index (χ2n) is 7.00. The minimum absolute atomic E-state index is 0.217. The van der Waals surface area contributed by atoms with E-state index in [2.05, 4.69) is 0 Å². The average molecular weight is 330 g/mol. The fraction of sp³-hybridized carbons (Fsp3) is 0.941. The molecule has 0 saturated carbocycles. The second kappa shape index (κ2) is 10.8. The Morgan fingerprint density at radius 2 is 1.78 bits per heavy atom. The third-order valence-electron chi connectivity index (χ3n) is 3.67. The summed E-state index contributed by atoms with van der Waals surface area (Å²) < 4.78 is 16.7. The predicted molar refractivity (Wildman–Crippen MR) is 90.5 cm³/mol. The van der Waals surface area contributed by atoms with Gasteiger partial charge < -0.3 is 24.8 Å². The van der Waals surface area contributed by atoms with Gasteiger partial charge in [0.1, 0.15) is 5.60 Å². The zero-order chi connectivity index (χ0) is 17.1. The highest BCUT2D eigenvalue weighted by Gasteiger charge is 2.26. The maximum Gasteiger partial charge on any atom is 0.410 e. The summed E-state index contributed by atoms with van der Waals surface area (Å²) in [5, 5.41) is 0. The molecule has 1 saturated heterocycles. The van der Waals surface area contributed by atoms with Gasteiger partial charge in [-0.25, -0.2) is 4.79 Å². The first-order chi connectivity index (χ1) is 10.9. The molecule has 0 aromatic rings. The van der Waals surface area contributed by atoms with E-state index >= 15 is 0 Å². The Labute approximate surface area is 140 Å². The van der Waals surface area contributed by atoms with Crippen molar-refractivity contribution in [2.45, 2.75) is 64.6 Å². The van der Waals surface area contributed by atoms with Crippen LogP contribution in [0.15, 0.2) is 0 Å². The van der Waals surface area contributed by atoms with Crippen molar-refractivity contribution in [1.29, 1.82) is 0 Å². The molecule has 0 aromatic carbocycles. The van der Waals surface area contributed by atoms with Crippen LogP contribution in [0.4, 0.5) is 4.79 Å². The van der Waals surface area contributed by atoms with E-state index in [1.807, 2.05) is 20.8 Å². The molecule has 0 aliphatic carbocycles. The van der Waals surface area contributed by atoms with Crippen LogP contribution >= 0.6 is 0 Å². The maximum atomic E-state index is 12.0. The first-order valence-electron chi connectivity index (χ1n) is 8.79. The molecule has 0 unspecified atom stereocenters. The van der Waals surface area contributed by atoms with Crippen LogP contribution in [0.2, 0.25) is 0 Å². The van der Waals surface area contributed by atoms with E-state index in [0.29, 0.717) is 26.3 Å². The summed E-state index contributed by atoms with van der Waals surface area (Å²) in [6.07, 6.45) is 4.96. The van der Waals surface area contributed by atoms with Crippen LogP contribution in [-0.4, -0.2) is 62.2 Å². The fourth-order valence-electron chi connectivity index (χ4n) is 2.43. The van der Waals surface area contributed by atoms with Crippen LogP contribution in [0.5, 0.6) is 0 Å². The third-order valence-corrected chi connectivity index (χ3v) is 3.67. The summed E-state index contributed by atoms with van der Waals surface area (Å²) in [5.41, 5.74) is 5.00. The number of piperidine rings is 1. The van der Waals surface area contributed by atoms with Gasteiger partial charge in [0.25, 0.3) is 0 Å². The molecule has 1 aliphatic rings. The number of rotatable bonds is 9. The Balaban J connectivity index is 2.03. The van der Waals surface area contributed by atoms with E-state index in [9.17, 15) is 4.79 Å². The molecule has 0 spiro atoms. The number of carbonyl (C=O) groups is 1. The number of hydrogen-bond donors (Lipinski definition) is 1. The van der Waals surface area contributed by atoms with Crippen LogP contribution in [0.1, 0.15) is 52.9 Å². The Kier molecular flexibility index (Phi) is 9.52. The number of ether oxygens (including phenoxy) is 3. The van der Waals surface area contributed by atoms with E-state index in [-0.39, 0.29) is 12.2 Å². The quantitative estimate of drug-likeness (QED) is 0.658. The maximum absolute atomic E-state index is 12.0. The van der Waals surface area contributed by atoms with Gasteiger partial charge in [-0.05, 0) is 59.4 Å². The molecule has 0 radical (unpaired) electrons. The number of unbranched alkanes of at least 4 members (excludes halogenated alkanes) is 2. The summed E-state index contributed by atoms with van der Waals surface area (Å²) in [6.45, 7) is 9.83. The first-order valence-corrected chi connectivity index (χ1v) is 8.79. The van der Waals surface area contributed by atoms with Crippen molar-refractivity contribution in [1.82, 2.24) is 4.90 Å². The van der Waals surface area contributed by atoms with Gasteiger partial charge in [-0.2, -0.15) is 0 Å². The van der Waals surface area contributed by atoms with Crippen molar-refractivity contribution in [2.75, 3.05) is 39.5 Å². The zero-order valence-electron chi connectivity index (χ0n) is 15.0. The third kappa shape index (κ3) is 9.79. The molecular weight excluding hydrogens is 296 g/mol. The monoisotopic (exact) mass is 330 g/mol. The number of nitrogens with zero attached hydrogens (tertiary/aromatic N) is 1. The van der Waals surface area contributed by atoms with Crippen molar-refractivity contribution in [2.24, 2.45) is 5.73 Å². The molecule has 1 rings (SSSR count). The van der Waals surface area contributed by atoms with Gasteiger partial charge in [0.2, 0.25) is 0 Å². The molecule has 0 atom stereocenters. The molecule has 6 heteroatoms. The normalized spacial score (nSPS) is 16.6. The number of nitrogens with two attached hydrogens (primary N) is 1. The summed E-state index contributed by atoms with van der Waals surface area (Å²) in [7, 11) is 0. The van der Waals surface area contributed by atoms with Crippen molar-refractivity contribution < 1.29 is 19.0 Å². The standard InChI is InChI=1S/C17H34N2O4/c1-17(2,3)23-16(20)19-10-7-15(8-11-19)22-14-13-21-12-6-4-5-9-18/h15H,4-14,18H2,1-3H3. The Bertz CT molecular complexity index is 323. The minimum Gasteiger partial charge on any atom is -0.444 e. The van der Waals surface area contributed by atoms with Gasteiger partial charge >= 0.3 is 6.09 Å². The topological polar surface area (TPSA) is 74.0 Å². The van der Waals surface area contributed by atoms with Crippen LogP contribution in [0.3, 0.4) is 0 Å². The fourth-order valence-corrected chi connectivity index (χ4v) is 2.43. The van der Waals surface area contributed by atoms with Gasteiger partial charge in [0.15, 0.2) is 0 Å². The molecule has 6 nitrogen and oxygen atoms in total. The lowest BCUT2D eigenvalue weighted by Gasteiger charge is -2.33. The summed E-state index contributed by atoms with van der Waals surface area (Å²) in [6, 6.07) is 0. The number of carbonyl (C=O) groups excluding carboxylic acids is 1. The van der Waals surface area contributed by atoms with Gasteiger partial charge in [0.05, 0.1) is 19.3 Å². The molecule has 1 aliphatic heterocycles. The van der Waals surface area contributed by atoms with Gasteiger partial charge in [-0.1, -0.05) is 0 Å². The van der Waals surface area contributed by atoms with Crippen LogP contribution in [0.25, 0.3) is 0 Å². The highest BCUT2D eigenvalue weighted by atomic mass is 16.6. The van der Waals surface area contributed by atoms with Crippen LogP contribution in [0, 0.1) is 0 Å². The molecule has 2 N–H and O–H groups in total. The van der Waals surface area contributed by atoms with Gasteiger partial charge in [-0.3, -0.25) is 0 Å². The van der Waals surface area contributed by atoms with Crippen molar-refractivity contribution in [3.63, 3.8) is 0 Å². The highest BCUT2D eigenvalue weighted by molar-refractivity contribution is 5.68. The molecule has 1 fully saturated rings.